The highest BCUT2D eigenvalue weighted by Crippen LogP contribution is 2.62. The first-order chi connectivity index (χ1) is 14.0. The van der Waals surface area contributed by atoms with Crippen LogP contribution in [0, 0.1) is 6.92 Å². The first kappa shape index (κ1) is 21.5. The second kappa shape index (κ2) is 7.18. The molecule has 13 heteroatoms. The number of alkyl halides is 1. The Morgan fingerprint density at radius 3 is 2.87 bits per heavy atom. The molecule has 2 saturated heterocycles. The maximum atomic E-state index is 15.6. The summed E-state index contributed by atoms with van der Waals surface area (Å²) in [4.78, 5) is 12.8. The summed E-state index contributed by atoms with van der Waals surface area (Å²) in [6, 6.07) is 0. The number of hydrogen-bond donors (Lipinski definition) is 1. The average molecular weight is 446 g/mol. The largest absolute Gasteiger partial charge is 0.476 e. The fourth-order valence-corrected chi connectivity index (χ4v) is 5.26. The molecule has 30 heavy (non-hydrogen) atoms. The zero-order valence-corrected chi connectivity index (χ0v) is 18.1. The number of imidazole rings is 1. The normalized spacial score (nSPS) is 36.4. The summed E-state index contributed by atoms with van der Waals surface area (Å²) < 4.78 is 56.3. The highest BCUT2D eigenvalue weighted by atomic mass is 31.2. The Kier molecular flexibility index (Phi) is 5.16. The van der Waals surface area contributed by atoms with E-state index in [1.54, 1.807) is 27.7 Å². The molecule has 4 heterocycles. The standard InChI is InChI=1S/C17H24FN4O7P/c1-6-25-13-11-12(20-10(4)21-13)22(8-19-11)15-16(5,23)14-17(18,27-15)7-26-30(24,29-14)28-9(2)3/h8-9,14-15,23H,6-7H2,1-5H3/t14-,15+,16+,17+,30?/m0/s1. The predicted octanol–water partition coefficient (Wildman–Crippen LogP) is 2.43. The molecule has 0 spiro atoms. The Labute approximate surface area is 172 Å². The number of phosphoric acid groups is 1. The Hall–Kier alpha value is -1.69. The van der Waals surface area contributed by atoms with Gasteiger partial charge in [0.15, 0.2) is 23.5 Å². The van der Waals surface area contributed by atoms with Crippen LogP contribution in [0.15, 0.2) is 6.33 Å². The fourth-order valence-electron chi connectivity index (χ4n) is 3.61. The van der Waals surface area contributed by atoms with Crippen molar-refractivity contribution in [3.8, 4) is 5.88 Å². The highest BCUT2D eigenvalue weighted by Gasteiger charge is 2.69. The van der Waals surface area contributed by atoms with E-state index in [1.807, 2.05) is 0 Å². The summed E-state index contributed by atoms with van der Waals surface area (Å²) in [5.41, 5.74) is -1.36. The molecule has 2 fully saturated rings. The van der Waals surface area contributed by atoms with Crippen LogP contribution in [0.2, 0.25) is 0 Å². The zero-order valence-electron chi connectivity index (χ0n) is 17.2. The van der Waals surface area contributed by atoms with Crippen molar-refractivity contribution in [3.05, 3.63) is 12.2 Å². The molecule has 0 saturated carbocycles. The van der Waals surface area contributed by atoms with Crippen LogP contribution in [-0.2, 0) is 22.9 Å². The smallest absolute Gasteiger partial charge is 0.475 e. The Morgan fingerprint density at radius 1 is 1.47 bits per heavy atom. The van der Waals surface area contributed by atoms with E-state index in [9.17, 15) is 9.67 Å². The van der Waals surface area contributed by atoms with Gasteiger partial charge in [0.2, 0.25) is 5.88 Å². The Balaban J connectivity index is 1.74. The van der Waals surface area contributed by atoms with Crippen LogP contribution in [-0.4, -0.2) is 61.5 Å². The molecule has 2 aromatic rings. The van der Waals surface area contributed by atoms with Crippen LogP contribution in [0.1, 0.15) is 39.7 Å². The molecule has 2 aliphatic heterocycles. The van der Waals surface area contributed by atoms with Crippen molar-refractivity contribution >= 4 is 19.0 Å². The summed E-state index contributed by atoms with van der Waals surface area (Å²) in [5.74, 6) is -1.91. The molecule has 2 aromatic heterocycles. The van der Waals surface area contributed by atoms with E-state index >= 15 is 4.39 Å². The van der Waals surface area contributed by atoms with Crippen molar-refractivity contribution in [2.75, 3.05) is 13.2 Å². The number of fused-ring (bicyclic) bond motifs is 2. The van der Waals surface area contributed by atoms with Crippen LogP contribution in [0.25, 0.3) is 11.2 Å². The van der Waals surface area contributed by atoms with Gasteiger partial charge in [0.1, 0.15) is 18.0 Å². The number of aliphatic hydroxyl groups is 1. The maximum Gasteiger partial charge on any atom is 0.475 e. The minimum absolute atomic E-state index is 0.262. The monoisotopic (exact) mass is 446 g/mol. The van der Waals surface area contributed by atoms with Crippen molar-refractivity contribution in [2.45, 2.75) is 64.5 Å². The molecule has 0 bridgehead atoms. The van der Waals surface area contributed by atoms with E-state index in [0.717, 1.165) is 0 Å². The molecule has 0 aliphatic carbocycles. The van der Waals surface area contributed by atoms with E-state index in [0.29, 0.717) is 17.9 Å². The predicted molar refractivity (Wildman–Crippen MR) is 100 cm³/mol. The first-order valence-corrected chi connectivity index (χ1v) is 11.0. The summed E-state index contributed by atoms with van der Waals surface area (Å²) in [6.07, 6.45) is -2.11. The van der Waals surface area contributed by atoms with Crippen LogP contribution in [0.5, 0.6) is 5.88 Å². The molecule has 1 N–H and O–H groups in total. The van der Waals surface area contributed by atoms with Gasteiger partial charge in [-0.3, -0.25) is 18.1 Å². The van der Waals surface area contributed by atoms with E-state index in [4.69, 9.17) is 23.0 Å². The van der Waals surface area contributed by atoms with Crippen molar-refractivity contribution in [3.63, 3.8) is 0 Å². The van der Waals surface area contributed by atoms with Crippen LogP contribution >= 0.6 is 7.82 Å². The van der Waals surface area contributed by atoms with Gasteiger partial charge in [-0.1, -0.05) is 0 Å². The Bertz CT molecular complexity index is 1020. The van der Waals surface area contributed by atoms with Crippen molar-refractivity contribution < 1.29 is 37.1 Å². The van der Waals surface area contributed by atoms with Crippen LogP contribution in [0.4, 0.5) is 4.39 Å². The lowest BCUT2D eigenvalue weighted by atomic mass is 9.95. The van der Waals surface area contributed by atoms with Crippen LogP contribution in [0.3, 0.4) is 0 Å². The minimum Gasteiger partial charge on any atom is -0.476 e. The highest BCUT2D eigenvalue weighted by molar-refractivity contribution is 7.48. The van der Waals surface area contributed by atoms with Gasteiger partial charge >= 0.3 is 7.82 Å². The number of nitrogens with zero attached hydrogens (tertiary/aromatic N) is 4. The molecular formula is C17H24FN4O7P. The number of ether oxygens (including phenoxy) is 2. The van der Waals surface area contributed by atoms with Gasteiger partial charge in [-0.15, -0.1) is 0 Å². The summed E-state index contributed by atoms with van der Waals surface area (Å²) >= 11 is 0. The molecule has 4 rings (SSSR count). The second-order valence-electron chi connectivity index (χ2n) is 7.68. The average Bonchev–Trinajstić information content (AvgIpc) is 3.13. The van der Waals surface area contributed by atoms with Gasteiger partial charge in [0.05, 0.1) is 19.0 Å². The number of hydrogen-bond acceptors (Lipinski definition) is 10. The molecule has 0 radical (unpaired) electrons. The molecule has 0 amide bonds. The lowest BCUT2D eigenvalue weighted by molar-refractivity contribution is -0.220. The van der Waals surface area contributed by atoms with Crippen molar-refractivity contribution in [1.29, 1.82) is 0 Å². The van der Waals surface area contributed by atoms with Crippen LogP contribution < -0.4 is 4.74 Å². The van der Waals surface area contributed by atoms with Gasteiger partial charge in [-0.25, -0.2) is 18.9 Å². The maximum absolute atomic E-state index is 15.6. The fraction of sp³-hybridized carbons (Fsp3) is 0.706. The lowest BCUT2D eigenvalue weighted by Gasteiger charge is -2.37. The molecule has 2 aliphatic rings. The third kappa shape index (κ3) is 3.41. The quantitative estimate of drug-likeness (QED) is 0.684. The van der Waals surface area contributed by atoms with E-state index in [2.05, 4.69) is 15.0 Å². The van der Waals surface area contributed by atoms with E-state index < -0.39 is 44.3 Å². The number of phosphoric ester groups is 1. The summed E-state index contributed by atoms with van der Waals surface area (Å²) in [5, 5.41) is 11.2. The molecule has 11 nitrogen and oxygen atoms in total. The molecular weight excluding hydrogens is 422 g/mol. The van der Waals surface area contributed by atoms with Gasteiger partial charge in [-0.05, 0) is 34.6 Å². The molecule has 5 atom stereocenters. The summed E-state index contributed by atoms with van der Waals surface area (Å²) in [6.45, 7) is 7.67. The zero-order chi connectivity index (χ0) is 21.9. The van der Waals surface area contributed by atoms with E-state index in [-0.39, 0.29) is 11.5 Å². The SMILES string of the molecule is CCOc1nc(C)nc2c1ncn2[C@@H]1O[C@]2(F)COP(=O)(OC(C)C)O[C@H]2[C@@]1(C)O. The number of aryl methyl sites for hydroxylation is 1. The minimum atomic E-state index is -4.09. The number of aromatic nitrogens is 4. The van der Waals surface area contributed by atoms with Crippen molar-refractivity contribution in [1.82, 2.24) is 19.5 Å². The number of halogens is 1. The van der Waals surface area contributed by atoms with E-state index in [1.165, 1.54) is 17.8 Å². The van der Waals surface area contributed by atoms with Gasteiger partial charge < -0.3 is 14.6 Å². The topological polar surface area (TPSA) is 127 Å². The van der Waals surface area contributed by atoms with Gasteiger partial charge in [0, 0.05) is 0 Å². The van der Waals surface area contributed by atoms with Gasteiger partial charge in [-0.2, -0.15) is 4.98 Å². The second-order valence-corrected chi connectivity index (χ2v) is 9.25. The first-order valence-electron chi connectivity index (χ1n) is 9.53. The molecule has 166 valence electrons. The summed E-state index contributed by atoms with van der Waals surface area (Å²) in [7, 11) is -4.09. The van der Waals surface area contributed by atoms with Crippen molar-refractivity contribution in [2.24, 2.45) is 0 Å². The lowest BCUT2D eigenvalue weighted by Crippen LogP contribution is -2.52. The molecule has 0 aromatic carbocycles. The number of rotatable bonds is 5. The third-order valence-electron chi connectivity index (χ3n) is 4.76. The molecule has 1 unspecified atom stereocenters. The Morgan fingerprint density at radius 2 is 2.20 bits per heavy atom. The third-order valence-corrected chi connectivity index (χ3v) is 6.35. The van der Waals surface area contributed by atoms with Gasteiger partial charge in [0.25, 0.3) is 5.85 Å².